The molecule has 0 heterocycles. The topological polar surface area (TPSA) is 23.6 Å². The third-order valence-electron chi connectivity index (χ3n) is 3.18. The number of rotatable bonds is 4. The number of nitrogens with zero attached hydrogens (tertiary/aromatic N) is 2. The molecule has 0 aromatic heterocycles. The third-order valence-corrected chi connectivity index (χ3v) is 3.18. The second-order valence-corrected chi connectivity index (χ2v) is 4.52. The molecule has 0 unspecified atom stereocenters. The zero-order valence-electron chi connectivity index (χ0n) is 11.5. The van der Waals surface area contributed by atoms with E-state index in [4.69, 9.17) is 0 Å². The summed E-state index contributed by atoms with van der Waals surface area (Å²) >= 11 is 0. The van der Waals surface area contributed by atoms with Crippen LogP contribution in [-0.4, -0.2) is 26.3 Å². The van der Waals surface area contributed by atoms with Crippen molar-refractivity contribution in [2.24, 2.45) is 0 Å². The van der Waals surface area contributed by atoms with Gasteiger partial charge in [0.05, 0.1) is 0 Å². The van der Waals surface area contributed by atoms with Crippen molar-refractivity contribution in [3.05, 3.63) is 60.7 Å². The molecule has 1 amide bonds. The molecule has 0 aliphatic carbocycles. The Morgan fingerprint density at radius 3 is 1.85 bits per heavy atom. The molecular weight excluding hydrogens is 255 g/mol. The van der Waals surface area contributed by atoms with Gasteiger partial charge in [0.25, 0.3) is 12.2 Å². The summed E-state index contributed by atoms with van der Waals surface area (Å²) in [7, 11) is 3.14. The standard InChI is InChI=1S/C16H17FN2O/c1-18(13-9-5-3-6-10-13)15(17)16(20)19(2)14-11-7-4-8-12-14/h3-12,15H,1-2H3/t15-/m1/s1. The summed E-state index contributed by atoms with van der Waals surface area (Å²) in [6.45, 7) is 0. The van der Waals surface area contributed by atoms with Gasteiger partial charge in [0, 0.05) is 25.5 Å². The number of benzene rings is 2. The number of para-hydroxylation sites is 2. The van der Waals surface area contributed by atoms with Crippen LogP contribution in [0, 0.1) is 0 Å². The monoisotopic (exact) mass is 272 g/mol. The van der Waals surface area contributed by atoms with Crippen molar-refractivity contribution in [2.45, 2.75) is 6.30 Å². The van der Waals surface area contributed by atoms with E-state index in [1.807, 2.05) is 36.4 Å². The van der Waals surface area contributed by atoms with Crippen molar-refractivity contribution in [3.8, 4) is 0 Å². The van der Waals surface area contributed by atoms with Crippen LogP contribution in [0.4, 0.5) is 15.8 Å². The Hall–Kier alpha value is -2.36. The van der Waals surface area contributed by atoms with Crippen molar-refractivity contribution in [2.75, 3.05) is 23.9 Å². The van der Waals surface area contributed by atoms with E-state index in [2.05, 4.69) is 0 Å². The maximum absolute atomic E-state index is 14.3. The van der Waals surface area contributed by atoms with Gasteiger partial charge in [-0.25, -0.2) is 4.39 Å². The van der Waals surface area contributed by atoms with Crippen LogP contribution < -0.4 is 9.80 Å². The van der Waals surface area contributed by atoms with Crippen molar-refractivity contribution in [1.82, 2.24) is 0 Å². The Kier molecular flexibility index (Phi) is 4.35. The fourth-order valence-corrected chi connectivity index (χ4v) is 1.90. The van der Waals surface area contributed by atoms with Gasteiger partial charge in [0.15, 0.2) is 0 Å². The lowest BCUT2D eigenvalue weighted by Gasteiger charge is -2.27. The van der Waals surface area contributed by atoms with Gasteiger partial charge in [-0.05, 0) is 24.3 Å². The van der Waals surface area contributed by atoms with Gasteiger partial charge in [-0.3, -0.25) is 4.79 Å². The van der Waals surface area contributed by atoms with Crippen molar-refractivity contribution in [1.29, 1.82) is 0 Å². The molecule has 0 saturated carbocycles. The average molecular weight is 272 g/mol. The largest absolute Gasteiger partial charge is 0.337 e. The fraction of sp³-hybridized carbons (Fsp3) is 0.188. The van der Waals surface area contributed by atoms with E-state index in [0.717, 1.165) is 0 Å². The zero-order chi connectivity index (χ0) is 14.5. The molecule has 2 aromatic carbocycles. The number of likely N-dealkylation sites (N-methyl/N-ethyl adjacent to an activating group) is 2. The van der Waals surface area contributed by atoms with Gasteiger partial charge < -0.3 is 9.80 Å². The number of anilines is 2. The number of alkyl halides is 1. The number of hydrogen-bond donors (Lipinski definition) is 0. The van der Waals surface area contributed by atoms with Gasteiger partial charge in [-0.15, -0.1) is 0 Å². The van der Waals surface area contributed by atoms with Gasteiger partial charge >= 0.3 is 0 Å². The molecule has 0 fully saturated rings. The number of amides is 1. The molecule has 0 spiro atoms. The first-order valence-electron chi connectivity index (χ1n) is 6.36. The normalized spacial score (nSPS) is 11.8. The lowest BCUT2D eigenvalue weighted by Crippen LogP contribution is -2.43. The number of hydrogen-bond acceptors (Lipinski definition) is 2. The Morgan fingerprint density at radius 2 is 1.35 bits per heavy atom. The molecule has 104 valence electrons. The minimum atomic E-state index is -1.72. The highest BCUT2D eigenvalue weighted by atomic mass is 19.1. The SMILES string of the molecule is CN(C(=O)[C@H](F)N(C)c1ccccc1)c1ccccc1. The summed E-state index contributed by atoms with van der Waals surface area (Å²) in [5, 5.41) is 0. The van der Waals surface area contributed by atoms with E-state index < -0.39 is 12.2 Å². The summed E-state index contributed by atoms with van der Waals surface area (Å²) in [5.41, 5.74) is 1.33. The van der Waals surface area contributed by atoms with Crippen LogP contribution in [0.3, 0.4) is 0 Å². The van der Waals surface area contributed by atoms with E-state index in [1.165, 1.54) is 9.80 Å². The molecule has 0 radical (unpaired) electrons. The predicted octanol–water partition coefficient (Wildman–Crippen LogP) is 3.08. The Balaban J connectivity index is 2.13. The number of carbonyl (C=O) groups excluding carboxylic acids is 1. The second kappa shape index (κ2) is 6.19. The predicted molar refractivity (Wildman–Crippen MR) is 79.6 cm³/mol. The molecule has 20 heavy (non-hydrogen) atoms. The quantitative estimate of drug-likeness (QED) is 0.799. The maximum Gasteiger partial charge on any atom is 0.282 e. The Morgan fingerprint density at radius 1 is 0.900 bits per heavy atom. The Bertz CT molecular complexity index is 559. The van der Waals surface area contributed by atoms with Crippen LogP contribution in [0.15, 0.2) is 60.7 Å². The molecule has 0 N–H and O–H groups in total. The molecule has 4 heteroatoms. The van der Waals surface area contributed by atoms with Crippen LogP contribution in [-0.2, 0) is 4.79 Å². The second-order valence-electron chi connectivity index (χ2n) is 4.52. The van der Waals surface area contributed by atoms with E-state index in [-0.39, 0.29) is 0 Å². The summed E-state index contributed by atoms with van der Waals surface area (Å²) < 4.78 is 14.3. The summed E-state index contributed by atoms with van der Waals surface area (Å²) in [6.07, 6.45) is -1.72. The molecule has 3 nitrogen and oxygen atoms in total. The highest BCUT2D eigenvalue weighted by molar-refractivity contribution is 5.97. The first-order chi connectivity index (χ1) is 9.61. The molecule has 1 atom stereocenters. The highest BCUT2D eigenvalue weighted by Crippen LogP contribution is 2.19. The maximum atomic E-state index is 14.3. The van der Waals surface area contributed by atoms with Crippen LogP contribution in [0.1, 0.15) is 0 Å². The molecule has 0 bridgehead atoms. The number of halogens is 1. The lowest BCUT2D eigenvalue weighted by atomic mass is 10.2. The average Bonchev–Trinajstić information content (AvgIpc) is 2.53. The summed E-state index contributed by atoms with van der Waals surface area (Å²) in [5.74, 6) is -0.595. The van der Waals surface area contributed by atoms with Crippen LogP contribution >= 0.6 is 0 Å². The smallest absolute Gasteiger partial charge is 0.282 e. The van der Waals surface area contributed by atoms with Gasteiger partial charge in [-0.2, -0.15) is 0 Å². The lowest BCUT2D eigenvalue weighted by molar-refractivity contribution is -0.122. The molecule has 2 aromatic rings. The molecule has 0 aliphatic rings. The minimum Gasteiger partial charge on any atom is -0.337 e. The van der Waals surface area contributed by atoms with E-state index >= 15 is 0 Å². The first-order valence-corrected chi connectivity index (χ1v) is 6.36. The van der Waals surface area contributed by atoms with Gasteiger partial charge in [0.1, 0.15) is 0 Å². The molecule has 2 rings (SSSR count). The van der Waals surface area contributed by atoms with Gasteiger partial charge in [0.2, 0.25) is 0 Å². The van der Waals surface area contributed by atoms with Gasteiger partial charge in [-0.1, -0.05) is 36.4 Å². The van der Waals surface area contributed by atoms with Crippen LogP contribution in [0.5, 0.6) is 0 Å². The van der Waals surface area contributed by atoms with Crippen molar-refractivity contribution in [3.63, 3.8) is 0 Å². The fourth-order valence-electron chi connectivity index (χ4n) is 1.90. The van der Waals surface area contributed by atoms with Crippen LogP contribution in [0.25, 0.3) is 0 Å². The molecule has 0 saturated heterocycles. The summed E-state index contributed by atoms with van der Waals surface area (Å²) in [4.78, 5) is 14.8. The Labute approximate surface area is 118 Å². The molecule has 0 aliphatic heterocycles. The number of carbonyl (C=O) groups is 1. The highest BCUT2D eigenvalue weighted by Gasteiger charge is 2.26. The summed E-state index contributed by atoms with van der Waals surface area (Å²) in [6, 6.07) is 18.0. The third kappa shape index (κ3) is 2.96. The van der Waals surface area contributed by atoms with Crippen molar-refractivity contribution >= 4 is 17.3 Å². The first kappa shape index (κ1) is 14.1. The zero-order valence-corrected chi connectivity index (χ0v) is 11.5. The van der Waals surface area contributed by atoms with E-state index in [9.17, 15) is 9.18 Å². The van der Waals surface area contributed by atoms with Crippen molar-refractivity contribution < 1.29 is 9.18 Å². The van der Waals surface area contributed by atoms with E-state index in [1.54, 1.807) is 38.4 Å². The molecular formula is C16H17FN2O. The van der Waals surface area contributed by atoms with E-state index in [0.29, 0.717) is 11.4 Å². The van der Waals surface area contributed by atoms with Crippen LogP contribution in [0.2, 0.25) is 0 Å². The minimum absolute atomic E-state index is 0.595.